The minimum absolute atomic E-state index is 0. The summed E-state index contributed by atoms with van der Waals surface area (Å²) < 4.78 is 7.66. The van der Waals surface area contributed by atoms with Crippen LogP contribution in [0.2, 0.25) is 0 Å². The van der Waals surface area contributed by atoms with E-state index in [9.17, 15) is 4.79 Å². The summed E-state index contributed by atoms with van der Waals surface area (Å²) in [6.07, 6.45) is 1.35. The van der Waals surface area contributed by atoms with E-state index >= 15 is 0 Å². The highest BCUT2D eigenvalue weighted by atomic mass is 35.5. The number of ether oxygens (including phenoxy) is 1. The van der Waals surface area contributed by atoms with Crippen molar-refractivity contribution in [1.29, 1.82) is 0 Å². The number of hydrogen-bond acceptors (Lipinski definition) is 3. The minimum atomic E-state index is -1.09. The van der Waals surface area contributed by atoms with Crippen LogP contribution in [0.4, 0.5) is 0 Å². The van der Waals surface area contributed by atoms with Crippen LogP contribution in [0.25, 0.3) is 0 Å². The van der Waals surface area contributed by atoms with Crippen molar-refractivity contribution >= 4 is 17.6 Å². The molecule has 6 heteroatoms. The normalized spacial score (nSPS) is 23.1. The fraction of sp³-hybridized carbons (Fsp3) is 0.273. The van der Waals surface area contributed by atoms with Gasteiger partial charge in [-0.3, -0.25) is 9.48 Å². The highest BCUT2D eigenvalue weighted by Crippen LogP contribution is 2.54. The average Bonchev–Trinajstić information content (AvgIpc) is 3.16. The second kappa shape index (κ2) is 7.41. The van der Waals surface area contributed by atoms with Crippen molar-refractivity contribution in [3.8, 4) is 0 Å². The molecule has 2 aromatic carbocycles. The van der Waals surface area contributed by atoms with Gasteiger partial charge in [0, 0.05) is 6.20 Å². The molecule has 0 spiro atoms. The molecule has 1 aromatic heterocycles. The molecule has 1 aliphatic heterocycles. The van der Waals surface area contributed by atoms with Crippen molar-refractivity contribution in [3.05, 3.63) is 89.7 Å². The molecule has 2 atom stereocenters. The zero-order valence-corrected chi connectivity index (χ0v) is 16.6. The maximum atomic E-state index is 13.4. The first-order valence-electron chi connectivity index (χ1n) is 8.97. The first-order valence-corrected chi connectivity index (χ1v) is 9.35. The second-order valence-corrected chi connectivity index (χ2v) is 7.92. The molecule has 0 bridgehead atoms. The summed E-state index contributed by atoms with van der Waals surface area (Å²) in [6.45, 7) is 4.22. The third-order valence-electron chi connectivity index (χ3n) is 5.43. The van der Waals surface area contributed by atoms with E-state index in [-0.39, 0.29) is 11.4 Å². The highest BCUT2D eigenvalue weighted by molar-refractivity contribution is 6.29. The van der Waals surface area contributed by atoms with Crippen molar-refractivity contribution in [1.82, 2.24) is 9.78 Å². The van der Waals surface area contributed by atoms with E-state index in [0.29, 0.717) is 6.54 Å². The van der Waals surface area contributed by atoms with E-state index in [1.165, 1.54) is 0 Å². The largest absolute Gasteiger partial charge is 0.457 e. The summed E-state index contributed by atoms with van der Waals surface area (Å²) in [6, 6.07) is 21.2. The Balaban J connectivity index is 0.00000225. The number of carbonyl (C=O) groups is 1. The average molecular weight is 399 g/mol. The second-order valence-electron chi connectivity index (χ2n) is 7.13. The van der Waals surface area contributed by atoms with Crippen LogP contribution < -0.4 is 0 Å². The fourth-order valence-electron chi connectivity index (χ4n) is 4.06. The van der Waals surface area contributed by atoms with Gasteiger partial charge in [0.1, 0.15) is 16.4 Å². The number of hydrogen-bond donors (Lipinski definition) is 0. The summed E-state index contributed by atoms with van der Waals surface area (Å²) in [5.41, 5.74) is 1.48. The minimum Gasteiger partial charge on any atom is -0.457 e. The van der Waals surface area contributed by atoms with Gasteiger partial charge >= 0.3 is 5.97 Å². The topological polar surface area (TPSA) is 75.6 Å². The number of alkyl halides is 1. The number of aromatic nitrogens is 2. The Morgan fingerprint density at radius 3 is 2.04 bits per heavy atom. The van der Waals surface area contributed by atoms with Crippen LogP contribution in [0.1, 0.15) is 23.7 Å². The maximum absolute atomic E-state index is 13.4. The number of nitrogens with zero attached hydrogens (tertiary/aromatic N) is 2. The predicted octanol–water partition coefficient (Wildman–Crippen LogP) is 3.28. The molecule has 0 radical (unpaired) electrons. The molecule has 0 saturated carbocycles. The molecule has 3 aromatic rings. The molecule has 146 valence electrons. The number of carbonyl (C=O) groups excluding carboxylic acids is 1. The van der Waals surface area contributed by atoms with Crippen molar-refractivity contribution in [3.63, 3.8) is 0 Å². The van der Waals surface area contributed by atoms with Crippen LogP contribution in [0, 0.1) is 6.92 Å². The quantitative estimate of drug-likeness (QED) is 0.500. The van der Waals surface area contributed by atoms with E-state index < -0.39 is 16.4 Å². The van der Waals surface area contributed by atoms with Gasteiger partial charge in [-0.2, -0.15) is 5.10 Å². The molecule has 2 heterocycles. The lowest BCUT2D eigenvalue weighted by atomic mass is 9.65. The van der Waals surface area contributed by atoms with Crippen LogP contribution >= 0.6 is 11.6 Å². The lowest BCUT2D eigenvalue weighted by Crippen LogP contribution is -2.51. The molecule has 1 fully saturated rings. The zero-order chi connectivity index (χ0) is 19.1. The lowest BCUT2D eigenvalue weighted by molar-refractivity contribution is -0.145. The van der Waals surface area contributed by atoms with Gasteiger partial charge in [0.2, 0.25) is 0 Å². The highest BCUT2D eigenvalue weighted by Gasteiger charge is 2.66. The van der Waals surface area contributed by atoms with Gasteiger partial charge in [-0.1, -0.05) is 60.7 Å². The maximum Gasteiger partial charge on any atom is 0.323 e. The summed E-state index contributed by atoms with van der Waals surface area (Å²) in [4.78, 5) is 12.4. The predicted molar refractivity (Wildman–Crippen MR) is 108 cm³/mol. The van der Waals surface area contributed by atoms with Gasteiger partial charge in [-0.05, 0) is 31.0 Å². The van der Waals surface area contributed by atoms with Gasteiger partial charge in [-0.25, -0.2) is 0 Å². The first-order chi connectivity index (χ1) is 13.0. The van der Waals surface area contributed by atoms with Crippen molar-refractivity contribution in [2.45, 2.75) is 36.8 Å². The fourth-order valence-corrected chi connectivity index (χ4v) is 4.46. The van der Waals surface area contributed by atoms with E-state index in [4.69, 9.17) is 16.3 Å². The molecule has 5 nitrogen and oxygen atoms in total. The molecule has 1 saturated heterocycles. The molecule has 0 aliphatic carbocycles. The van der Waals surface area contributed by atoms with Gasteiger partial charge in [0.25, 0.3) is 0 Å². The number of esters is 1. The third-order valence-corrected chi connectivity index (χ3v) is 5.96. The van der Waals surface area contributed by atoms with Crippen LogP contribution in [0.5, 0.6) is 0 Å². The molecule has 28 heavy (non-hydrogen) atoms. The number of aryl methyl sites for hydroxylation is 1. The molecule has 4 rings (SSSR count). The number of benzene rings is 2. The summed E-state index contributed by atoms with van der Waals surface area (Å²) in [5.74, 6) is -0.328. The zero-order valence-electron chi connectivity index (χ0n) is 15.8. The molecular weight excluding hydrogens is 376 g/mol. The molecular formula is C22H23ClN2O3. The van der Waals surface area contributed by atoms with Crippen molar-refractivity contribution < 1.29 is 15.0 Å². The Kier molecular flexibility index (Phi) is 5.33. The Morgan fingerprint density at radius 2 is 1.57 bits per heavy atom. The monoisotopic (exact) mass is 398 g/mol. The Labute approximate surface area is 169 Å². The van der Waals surface area contributed by atoms with Crippen molar-refractivity contribution in [2.24, 2.45) is 0 Å². The third kappa shape index (κ3) is 2.91. The molecule has 2 unspecified atom stereocenters. The number of halogens is 1. The standard InChI is InChI=1S/C22H21ClN2O2.H2O/c1-16-13-14-25(24-16)15-19-21(2,23)22(20(26)27-19,17-9-5-3-6-10-17)18-11-7-4-8-12-18;/h3-14,19H,15H2,1-2H3;1H2. The van der Waals surface area contributed by atoms with Crippen molar-refractivity contribution in [2.75, 3.05) is 0 Å². The molecule has 1 aliphatic rings. The SMILES string of the molecule is Cc1ccn(CC2OC(=O)C(c3ccccc3)(c3ccccc3)C2(C)Cl)n1.O. The van der Waals surface area contributed by atoms with Crippen LogP contribution in [0.3, 0.4) is 0 Å². The molecule has 2 N–H and O–H groups in total. The van der Waals surface area contributed by atoms with E-state index in [2.05, 4.69) is 5.10 Å². The lowest BCUT2D eigenvalue weighted by Gasteiger charge is -2.38. The van der Waals surface area contributed by atoms with Gasteiger partial charge in [-0.15, -0.1) is 11.6 Å². The number of rotatable bonds is 4. The first kappa shape index (κ1) is 20.1. The van der Waals surface area contributed by atoms with Gasteiger partial charge in [0.05, 0.1) is 12.2 Å². The van der Waals surface area contributed by atoms with Gasteiger partial charge in [0.15, 0.2) is 0 Å². The van der Waals surface area contributed by atoms with E-state index in [0.717, 1.165) is 16.8 Å². The van der Waals surface area contributed by atoms with Crippen LogP contribution in [-0.2, 0) is 21.5 Å². The Bertz CT molecular complexity index is 915. The molecule has 0 amide bonds. The van der Waals surface area contributed by atoms with Crippen LogP contribution in [0.15, 0.2) is 72.9 Å². The van der Waals surface area contributed by atoms with Crippen LogP contribution in [-0.4, -0.2) is 32.2 Å². The summed E-state index contributed by atoms with van der Waals surface area (Å²) >= 11 is 7.19. The Morgan fingerprint density at radius 1 is 1.04 bits per heavy atom. The number of cyclic esters (lactones) is 1. The van der Waals surface area contributed by atoms with E-state index in [1.54, 1.807) is 4.68 Å². The summed E-state index contributed by atoms with van der Waals surface area (Å²) in [7, 11) is 0. The van der Waals surface area contributed by atoms with Gasteiger partial charge < -0.3 is 10.2 Å². The summed E-state index contributed by atoms with van der Waals surface area (Å²) in [5, 5.41) is 4.42. The smallest absolute Gasteiger partial charge is 0.323 e. The Hall–Kier alpha value is -2.63. The van der Waals surface area contributed by atoms with E-state index in [1.807, 2.05) is 86.8 Å².